The number of likely N-dealkylation sites (tertiary alicyclic amines) is 1. The van der Waals surface area contributed by atoms with Gasteiger partial charge < -0.3 is 14.2 Å². The molecule has 1 unspecified atom stereocenters. The number of aryl methyl sites for hydroxylation is 1. The summed E-state index contributed by atoms with van der Waals surface area (Å²) in [5, 5.41) is 0. The number of rotatable bonds is 3. The summed E-state index contributed by atoms with van der Waals surface area (Å²) in [6.07, 6.45) is 1.32. The van der Waals surface area contributed by atoms with E-state index < -0.39 is 0 Å². The lowest BCUT2D eigenvalue weighted by atomic mass is 9.92. The molecule has 0 bridgehead atoms. The first kappa shape index (κ1) is 16.6. The minimum absolute atomic E-state index is 0.00121. The number of aromatic nitrogens is 1. The van der Waals surface area contributed by atoms with E-state index >= 15 is 0 Å². The number of nitrogens with zero attached hydrogens (tertiary/aromatic N) is 2. The molecule has 2 rings (SSSR count). The van der Waals surface area contributed by atoms with Crippen molar-refractivity contribution in [2.75, 3.05) is 13.1 Å². The molecule has 1 saturated heterocycles. The Hall–Kier alpha value is -1.78. The predicted molar refractivity (Wildman–Crippen MR) is 86.1 cm³/mol. The van der Waals surface area contributed by atoms with Crippen LogP contribution in [-0.2, 0) is 11.8 Å². The van der Waals surface area contributed by atoms with E-state index in [-0.39, 0.29) is 23.0 Å². The molecule has 0 radical (unpaired) electrons. The molecule has 1 aromatic rings. The smallest absolute Gasteiger partial charge is 0.254 e. The molecule has 1 aliphatic heterocycles. The van der Waals surface area contributed by atoms with Crippen molar-refractivity contribution >= 4 is 5.91 Å². The normalized spacial score (nSPS) is 18.6. The Morgan fingerprint density at radius 1 is 1.36 bits per heavy atom. The van der Waals surface area contributed by atoms with E-state index in [0.717, 1.165) is 18.7 Å². The van der Waals surface area contributed by atoms with Gasteiger partial charge >= 0.3 is 0 Å². The summed E-state index contributed by atoms with van der Waals surface area (Å²) >= 11 is 0. The molecule has 0 aliphatic carbocycles. The van der Waals surface area contributed by atoms with Crippen molar-refractivity contribution in [3.05, 3.63) is 28.2 Å². The van der Waals surface area contributed by atoms with Gasteiger partial charge in [0.25, 0.3) is 5.56 Å². The fourth-order valence-electron chi connectivity index (χ4n) is 2.61. The number of hydrogen-bond acceptors (Lipinski definition) is 3. The summed E-state index contributed by atoms with van der Waals surface area (Å²) < 4.78 is 7.48. The number of carbonyl (C=O) groups is 1. The van der Waals surface area contributed by atoms with Crippen molar-refractivity contribution in [1.82, 2.24) is 9.47 Å². The van der Waals surface area contributed by atoms with Crippen LogP contribution in [0.3, 0.4) is 0 Å². The Morgan fingerprint density at radius 3 is 2.64 bits per heavy atom. The van der Waals surface area contributed by atoms with E-state index in [0.29, 0.717) is 18.7 Å². The van der Waals surface area contributed by atoms with E-state index in [1.54, 1.807) is 11.6 Å². The maximum atomic E-state index is 12.2. The number of pyridine rings is 1. The van der Waals surface area contributed by atoms with Crippen LogP contribution in [0.25, 0.3) is 0 Å². The summed E-state index contributed by atoms with van der Waals surface area (Å²) in [5.41, 5.74) is 0.786. The van der Waals surface area contributed by atoms with Gasteiger partial charge in [0.05, 0.1) is 6.54 Å². The highest BCUT2D eigenvalue weighted by atomic mass is 16.5. The minimum Gasteiger partial charge on any atom is -0.488 e. The van der Waals surface area contributed by atoms with Crippen LogP contribution in [0.1, 0.15) is 39.3 Å². The zero-order chi connectivity index (χ0) is 16.5. The minimum atomic E-state index is -0.0753. The fraction of sp³-hybridized carbons (Fsp3) is 0.647. The lowest BCUT2D eigenvalue weighted by Crippen LogP contribution is -2.33. The average molecular weight is 306 g/mol. The summed E-state index contributed by atoms with van der Waals surface area (Å²) in [4.78, 5) is 25.9. The molecular formula is C17H26N2O3. The van der Waals surface area contributed by atoms with Crippen molar-refractivity contribution < 1.29 is 9.53 Å². The largest absolute Gasteiger partial charge is 0.488 e. The van der Waals surface area contributed by atoms with Crippen LogP contribution in [0.2, 0.25) is 0 Å². The van der Waals surface area contributed by atoms with Crippen LogP contribution < -0.4 is 10.3 Å². The van der Waals surface area contributed by atoms with Crippen LogP contribution in [0.15, 0.2) is 16.9 Å². The van der Waals surface area contributed by atoms with E-state index in [9.17, 15) is 9.59 Å². The lowest BCUT2D eigenvalue weighted by molar-refractivity contribution is -0.132. The molecule has 0 saturated carbocycles. The molecule has 1 atom stereocenters. The number of carbonyl (C=O) groups excluding carboxylic acids is 1. The van der Waals surface area contributed by atoms with Gasteiger partial charge in [-0.3, -0.25) is 9.59 Å². The molecule has 5 nitrogen and oxygen atoms in total. The van der Waals surface area contributed by atoms with Gasteiger partial charge in [-0.2, -0.15) is 0 Å². The van der Waals surface area contributed by atoms with Gasteiger partial charge in [0.1, 0.15) is 11.9 Å². The van der Waals surface area contributed by atoms with E-state index in [4.69, 9.17) is 4.74 Å². The highest BCUT2D eigenvalue weighted by molar-refractivity contribution is 5.77. The Balaban J connectivity index is 1.97. The first-order valence-electron chi connectivity index (χ1n) is 7.78. The maximum Gasteiger partial charge on any atom is 0.254 e. The zero-order valence-corrected chi connectivity index (χ0v) is 14.2. The standard InChI is InChI=1S/C17H26N2O3/c1-12-8-14(9-15(20)18(12)5)22-13-6-7-19(11-13)16(21)10-17(2,3)4/h8-9,13H,6-7,10-11H2,1-5H3. The highest BCUT2D eigenvalue weighted by Gasteiger charge is 2.29. The lowest BCUT2D eigenvalue weighted by Gasteiger charge is -2.23. The van der Waals surface area contributed by atoms with Crippen molar-refractivity contribution in [3.63, 3.8) is 0 Å². The summed E-state index contributed by atoms with van der Waals surface area (Å²) in [5.74, 6) is 0.773. The number of amides is 1. The molecule has 122 valence electrons. The summed E-state index contributed by atoms with van der Waals surface area (Å²) in [6.45, 7) is 9.40. The molecule has 0 spiro atoms. The molecule has 22 heavy (non-hydrogen) atoms. The van der Waals surface area contributed by atoms with Crippen molar-refractivity contribution in [3.8, 4) is 5.75 Å². The van der Waals surface area contributed by atoms with E-state index in [1.807, 2.05) is 17.9 Å². The maximum absolute atomic E-state index is 12.2. The van der Waals surface area contributed by atoms with Crippen molar-refractivity contribution in [2.45, 2.75) is 46.6 Å². The molecule has 1 fully saturated rings. The second-order valence-corrected chi connectivity index (χ2v) is 7.34. The third-order valence-corrected chi connectivity index (χ3v) is 3.96. The third kappa shape index (κ3) is 4.12. The average Bonchev–Trinajstić information content (AvgIpc) is 2.82. The topological polar surface area (TPSA) is 51.5 Å². The van der Waals surface area contributed by atoms with Gasteiger partial charge in [-0.1, -0.05) is 20.8 Å². The predicted octanol–water partition coefficient (Wildman–Crippen LogP) is 2.11. The molecule has 1 amide bonds. The first-order valence-corrected chi connectivity index (χ1v) is 7.78. The molecule has 1 aliphatic rings. The Labute approximate surface area is 131 Å². The quantitative estimate of drug-likeness (QED) is 0.859. The second-order valence-electron chi connectivity index (χ2n) is 7.34. The molecule has 2 heterocycles. The Kier molecular flexibility index (Phi) is 4.63. The second kappa shape index (κ2) is 6.15. The third-order valence-electron chi connectivity index (χ3n) is 3.96. The van der Waals surface area contributed by atoms with Crippen LogP contribution in [0, 0.1) is 12.3 Å². The van der Waals surface area contributed by atoms with E-state index in [1.165, 1.54) is 6.07 Å². The van der Waals surface area contributed by atoms with Crippen molar-refractivity contribution in [1.29, 1.82) is 0 Å². The van der Waals surface area contributed by atoms with Crippen molar-refractivity contribution in [2.24, 2.45) is 12.5 Å². The summed E-state index contributed by atoms with van der Waals surface area (Å²) in [7, 11) is 1.74. The van der Waals surface area contributed by atoms with Crippen LogP contribution in [0.5, 0.6) is 5.75 Å². The number of ether oxygens (including phenoxy) is 1. The molecule has 1 aromatic heterocycles. The van der Waals surface area contributed by atoms with Crippen LogP contribution in [0.4, 0.5) is 0 Å². The van der Waals surface area contributed by atoms with Crippen LogP contribution in [-0.4, -0.2) is 34.6 Å². The molecular weight excluding hydrogens is 280 g/mol. The SMILES string of the molecule is Cc1cc(OC2CCN(C(=O)CC(C)(C)C)C2)cc(=O)n1C. The fourth-order valence-corrected chi connectivity index (χ4v) is 2.61. The molecule has 0 aromatic carbocycles. The van der Waals surface area contributed by atoms with Gasteiger partial charge in [-0.15, -0.1) is 0 Å². The zero-order valence-electron chi connectivity index (χ0n) is 14.2. The molecule has 0 N–H and O–H groups in total. The highest BCUT2D eigenvalue weighted by Crippen LogP contribution is 2.23. The summed E-state index contributed by atoms with van der Waals surface area (Å²) in [6, 6.07) is 3.37. The number of hydrogen-bond donors (Lipinski definition) is 0. The monoisotopic (exact) mass is 306 g/mol. The Bertz CT molecular complexity index is 613. The van der Waals surface area contributed by atoms with Crippen LogP contribution >= 0.6 is 0 Å². The van der Waals surface area contributed by atoms with Gasteiger partial charge in [0, 0.05) is 38.2 Å². The van der Waals surface area contributed by atoms with Gasteiger partial charge in [0.15, 0.2) is 0 Å². The Morgan fingerprint density at radius 2 is 2.05 bits per heavy atom. The molecule has 5 heteroatoms. The van der Waals surface area contributed by atoms with E-state index in [2.05, 4.69) is 20.8 Å². The van der Waals surface area contributed by atoms with Gasteiger partial charge in [-0.25, -0.2) is 0 Å². The first-order chi connectivity index (χ1) is 10.2. The van der Waals surface area contributed by atoms with Gasteiger partial charge in [-0.05, 0) is 18.4 Å². The van der Waals surface area contributed by atoms with Gasteiger partial charge in [0.2, 0.25) is 5.91 Å².